The highest BCUT2D eigenvalue weighted by Gasteiger charge is 2.23. The molecule has 0 saturated carbocycles. The monoisotopic (exact) mass is 301 g/mol. The lowest BCUT2D eigenvalue weighted by atomic mass is 10.1. The molecule has 0 radical (unpaired) electrons. The van der Waals surface area contributed by atoms with E-state index in [4.69, 9.17) is 10.2 Å². The first-order chi connectivity index (χ1) is 10.8. The molecule has 1 aliphatic heterocycles. The number of hydrogen-bond acceptors (Lipinski definition) is 7. The first kappa shape index (κ1) is 14.6. The van der Waals surface area contributed by atoms with Gasteiger partial charge in [-0.05, 0) is 18.6 Å². The molecule has 1 aliphatic rings. The highest BCUT2D eigenvalue weighted by Crippen LogP contribution is 2.42. The van der Waals surface area contributed by atoms with Crippen LogP contribution in [0.15, 0.2) is 30.3 Å². The lowest BCUT2D eigenvalue weighted by Crippen LogP contribution is -2.25. The number of aliphatic hydroxyl groups is 2. The molecule has 1 aromatic heterocycles. The second-order valence-electron chi connectivity index (χ2n) is 4.98. The zero-order valence-corrected chi connectivity index (χ0v) is 12.2. The zero-order chi connectivity index (χ0) is 15.4. The Morgan fingerprint density at radius 1 is 1.09 bits per heavy atom. The van der Waals surface area contributed by atoms with E-state index < -0.39 is 0 Å². The van der Waals surface area contributed by atoms with Gasteiger partial charge in [-0.2, -0.15) is 0 Å². The number of para-hydroxylation sites is 2. The van der Waals surface area contributed by atoms with Crippen molar-refractivity contribution < 1.29 is 10.2 Å². The van der Waals surface area contributed by atoms with Gasteiger partial charge in [-0.25, -0.2) is 0 Å². The predicted molar refractivity (Wildman–Crippen MR) is 86.0 cm³/mol. The van der Waals surface area contributed by atoms with Crippen LogP contribution in [0, 0.1) is 0 Å². The van der Waals surface area contributed by atoms with Crippen molar-refractivity contribution in [2.24, 2.45) is 0 Å². The second-order valence-corrected chi connectivity index (χ2v) is 4.98. The SMILES string of the molecule is OCCCN1c2ccccc2Nc2nnc(NCCO)cc21. The Kier molecular flexibility index (Phi) is 4.36. The van der Waals surface area contributed by atoms with Gasteiger partial charge >= 0.3 is 0 Å². The Bertz CT molecular complexity index is 650. The minimum absolute atomic E-state index is 0.0358. The summed E-state index contributed by atoms with van der Waals surface area (Å²) in [4.78, 5) is 2.12. The topological polar surface area (TPSA) is 93.5 Å². The van der Waals surface area contributed by atoms with E-state index in [1.165, 1.54) is 0 Å². The van der Waals surface area contributed by atoms with E-state index >= 15 is 0 Å². The molecule has 0 aliphatic carbocycles. The summed E-state index contributed by atoms with van der Waals surface area (Å²) in [5, 5.41) is 32.7. The maximum atomic E-state index is 9.15. The van der Waals surface area contributed by atoms with Gasteiger partial charge < -0.3 is 25.7 Å². The number of anilines is 5. The van der Waals surface area contributed by atoms with Crippen LogP contribution in [0.25, 0.3) is 0 Å². The standard InChI is InChI=1S/C15H19N5O2/c21-8-3-7-20-12-5-2-1-4-11(12)17-15-13(20)10-14(18-19-15)16-6-9-22/h1-2,4-5,10,21-22H,3,6-9H2,(H,16,18)(H,17,19). The molecule has 7 heteroatoms. The van der Waals surface area contributed by atoms with Gasteiger partial charge in [0.2, 0.25) is 0 Å². The van der Waals surface area contributed by atoms with Gasteiger partial charge in [0.25, 0.3) is 0 Å². The van der Waals surface area contributed by atoms with E-state index in [1.807, 2.05) is 30.3 Å². The second kappa shape index (κ2) is 6.59. The highest BCUT2D eigenvalue weighted by atomic mass is 16.3. The largest absolute Gasteiger partial charge is 0.396 e. The van der Waals surface area contributed by atoms with Crippen LogP contribution >= 0.6 is 0 Å². The summed E-state index contributed by atoms with van der Waals surface area (Å²) in [7, 11) is 0. The Morgan fingerprint density at radius 3 is 2.77 bits per heavy atom. The third-order valence-corrected chi connectivity index (χ3v) is 3.47. The Labute approximate surface area is 128 Å². The molecule has 3 rings (SSSR count). The quantitative estimate of drug-likeness (QED) is 0.642. The van der Waals surface area contributed by atoms with Gasteiger partial charge in [-0.15, -0.1) is 10.2 Å². The first-order valence-corrected chi connectivity index (χ1v) is 7.30. The van der Waals surface area contributed by atoms with Crippen LogP contribution in [0.3, 0.4) is 0 Å². The van der Waals surface area contributed by atoms with Crippen LogP contribution in [0.4, 0.5) is 28.7 Å². The van der Waals surface area contributed by atoms with Crippen molar-refractivity contribution in [3.63, 3.8) is 0 Å². The van der Waals surface area contributed by atoms with Crippen molar-refractivity contribution in [1.29, 1.82) is 0 Å². The van der Waals surface area contributed by atoms with Crippen molar-refractivity contribution in [3.05, 3.63) is 30.3 Å². The Hall–Kier alpha value is -2.38. The number of benzene rings is 1. The van der Waals surface area contributed by atoms with Gasteiger partial charge in [0, 0.05) is 25.8 Å². The molecule has 4 N–H and O–H groups in total. The molecule has 0 atom stereocenters. The van der Waals surface area contributed by atoms with Gasteiger partial charge in [0.05, 0.1) is 23.7 Å². The number of nitrogens with zero attached hydrogens (tertiary/aromatic N) is 3. The molecule has 0 bridgehead atoms. The van der Waals surface area contributed by atoms with Crippen LogP contribution in [-0.2, 0) is 0 Å². The summed E-state index contributed by atoms with van der Waals surface area (Å²) in [5.41, 5.74) is 2.92. The number of nitrogens with one attached hydrogen (secondary N) is 2. The van der Waals surface area contributed by atoms with E-state index in [9.17, 15) is 0 Å². The van der Waals surface area contributed by atoms with Crippen LogP contribution in [0.1, 0.15) is 6.42 Å². The highest BCUT2D eigenvalue weighted by molar-refractivity contribution is 5.90. The van der Waals surface area contributed by atoms with Crippen LogP contribution in [0.2, 0.25) is 0 Å². The fourth-order valence-electron chi connectivity index (χ4n) is 2.49. The predicted octanol–water partition coefficient (Wildman–Crippen LogP) is 1.46. The number of hydrogen-bond donors (Lipinski definition) is 4. The van der Waals surface area contributed by atoms with Gasteiger partial charge in [0.1, 0.15) is 0 Å². The van der Waals surface area contributed by atoms with E-state index in [1.54, 1.807) is 0 Å². The third-order valence-electron chi connectivity index (χ3n) is 3.47. The van der Waals surface area contributed by atoms with Crippen LogP contribution in [0.5, 0.6) is 0 Å². The maximum absolute atomic E-state index is 9.15. The smallest absolute Gasteiger partial charge is 0.177 e. The van der Waals surface area contributed by atoms with E-state index in [-0.39, 0.29) is 13.2 Å². The summed E-state index contributed by atoms with van der Waals surface area (Å²) in [6.45, 7) is 1.28. The van der Waals surface area contributed by atoms with E-state index in [2.05, 4.69) is 25.7 Å². The van der Waals surface area contributed by atoms with Crippen LogP contribution in [-0.4, -0.2) is 46.7 Å². The van der Waals surface area contributed by atoms with Crippen molar-refractivity contribution in [2.75, 3.05) is 41.8 Å². The lowest BCUT2D eigenvalue weighted by Gasteiger charge is -2.32. The maximum Gasteiger partial charge on any atom is 0.177 e. The minimum Gasteiger partial charge on any atom is -0.396 e. The molecule has 22 heavy (non-hydrogen) atoms. The minimum atomic E-state index is 0.0358. The number of fused-ring (bicyclic) bond motifs is 2. The lowest BCUT2D eigenvalue weighted by molar-refractivity contribution is 0.291. The normalized spacial score (nSPS) is 12.4. The van der Waals surface area contributed by atoms with Gasteiger partial charge in [0.15, 0.2) is 11.6 Å². The van der Waals surface area contributed by atoms with E-state index in [0.717, 1.165) is 17.1 Å². The molecule has 0 spiro atoms. The Morgan fingerprint density at radius 2 is 1.95 bits per heavy atom. The van der Waals surface area contributed by atoms with Crippen molar-refractivity contribution in [1.82, 2.24) is 10.2 Å². The molecule has 116 valence electrons. The van der Waals surface area contributed by atoms with Crippen molar-refractivity contribution in [2.45, 2.75) is 6.42 Å². The third kappa shape index (κ3) is 2.81. The number of aliphatic hydroxyl groups excluding tert-OH is 2. The summed E-state index contributed by atoms with van der Waals surface area (Å²) < 4.78 is 0. The first-order valence-electron chi connectivity index (χ1n) is 7.30. The molecule has 0 saturated heterocycles. The van der Waals surface area contributed by atoms with Crippen molar-refractivity contribution in [3.8, 4) is 0 Å². The molecule has 7 nitrogen and oxygen atoms in total. The molecular weight excluding hydrogens is 282 g/mol. The molecule has 0 unspecified atom stereocenters. The molecule has 2 heterocycles. The number of aromatic nitrogens is 2. The molecule has 0 amide bonds. The zero-order valence-electron chi connectivity index (χ0n) is 12.2. The van der Waals surface area contributed by atoms with Gasteiger partial charge in [-0.1, -0.05) is 12.1 Å². The van der Waals surface area contributed by atoms with Crippen molar-refractivity contribution >= 4 is 28.7 Å². The molecule has 0 fully saturated rings. The Balaban J connectivity index is 1.97. The summed E-state index contributed by atoms with van der Waals surface area (Å²) in [6.07, 6.45) is 0.662. The average Bonchev–Trinajstić information content (AvgIpc) is 2.56. The molecular formula is C15H19N5O2. The van der Waals surface area contributed by atoms with E-state index in [0.29, 0.717) is 31.1 Å². The number of rotatable bonds is 6. The molecule has 1 aromatic carbocycles. The summed E-state index contributed by atoms with van der Waals surface area (Å²) in [5.74, 6) is 1.30. The molecule has 2 aromatic rings. The summed E-state index contributed by atoms with van der Waals surface area (Å²) in [6, 6.07) is 9.87. The van der Waals surface area contributed by atoms with Crippen LogP contribution < -0.4 is 15.5 Å². The fraction of sp³-hybridized carbons (Fsp3) is 0.333. The van der Waals surface area contributed by atoms with Gasteiger partial charge in [-0.3, -0.25) is 0 Å². The fourth-order valence-corrected chi connectivity index (χ4v) is 2.49. The summed E-state index contributed by atoms with van der Waals surface area (Å²) >= 11 is 0. The average molecular weight is 301 g/mol.